The molecule has 0 fully saturated rings. The molecule has 0 saturated heterocycles. The smallest absolute Gasteiger partial charge is 0.295 e. The van der Waals surface area contributed by atoms with E-state index in [9.17, 15) is 20.0 Å². The molecule has 0 heterocycles. The molecule has 0 bridgehead atoms. The molecule has 0 aromatic carbocycles. The van der Waals surface area contributed by atoms with Gasteiger partial charge in [-0.2, -0.15) is 0 Å². The third-order valence-corrected chi connectivity index (χ3v) is 1.35. The Hall–Kier alpha value is 2.05. The van der Waals surface area contributed by atoms with Crippen molar-refractivity contribution < 1.29 is 39.4 Å². The second-order valence-corrected chi connectivity index (χ2v) is 2.36. The maximum absolute atomic E-state index is 9.82. The Balaban J connectivity index is -0.000000845. The second-order valence-electron chi connectivity index (χ2n) is 2.36. The predicted octanol–water partition coefficient (Wildman–Crippen LogP) is -4.09. The van der Waals surface area contributed by atoms with Gasteiger partial charge in [0.15, 0.2) is 5.60 Å². The van der Waals surface area contributed by atoms with Crippen molar-refractivity contribution in [3.63, 3.8) is 0 Å². The van der Waals surface area contributed by atoms with Crippen LogP contribution in [-0.4, -0.2) is 151 Å². The zero-order valence-electron chi connectivity index (χ0n) is 8.99. The van der Waals surface area contributed by atoms with E-state index in [0.29, 0.717) is 0 Å². The summed E-state index contributed by atoms with van der Waals surface area (Å²) in [4.78, 5) is 22.9. The Labute approximate surface area is 176 Å². The van der Waals surface area contributed by atoms with Crippen molar-refractivity contribution in [2.45, 2.75) is 11.9 Å². The van der Waals surface area contributed by atoms with Crippen LogP contribution >= 0.6 is 0 Å². The first-order chi connectivity index (χ1) is 6.60. The largest absolute Gasteiger partial charge is 0.723 e. The molecule has 0 aliphatic rings. The van der Waals surface area contributed by atoms with Crippen molar-refractivity contribution in [2.24, 2.45) is 0 Å². The molecule has 2 atom stereocenters. The molecule has 0 aliphatic carbocycles. The zero-order chi connectivity index (χ0) is 11.0. The van der Waals surface area contributed by atoms with Gasteiger partial charge < -0.3 is 29.8 Å². The van der Waals surface area contributed by atoms with E-state index < -0.39 is 25.1 Å². The standard InChI is InChI=1S/C6H10O8.2K/c7-3-12-1-6(10,2-14-11)5(9)13-4-8;;/h3-5,9-11H,1-2H2;;/p-1. The number of hydrogen-bond donors (Lipinski definition) is 2. The first-order valence-electron chi connectivity index (χ1n) is 3.40. The Morgan fingerprint density at radius 3 is 2.19 bits per heavy atom. The first kappa shape index (κ1) is 23.2. The van der Waals surface area contributed by atoms with Crippen LogP contribution in [0.2, 0.25) is 0 Å². The maximum atomic E-state index is 9.82. The SMILES string of the molecule is O=COCC(O)(CO[O-])C(O)OC=O.[K].[K]. The van der Waals surface area contributed by atoms with Crippen molar-refractivity contribution in [1.82, 2.24) is 0 Å². The summed E-state index contributed by atoms with van der Waals surface area (Å²) in [7, 11) is 0. The zero-order valence-corrected chi connectivity index (χ0v) is 15.2. The molecule has 0 saturated carbocycles. The van der Waals surface area contributed by atoms with Crippen LogP contribution in [0, 0.1) is 0 Å². The average molecular weight is 287 g/mol. The summed E-state index contributed by atoms with van der Waals surface area (Å²) < 4.78 is 8.08. The van der Waals surface area contributed by atoms with Gasteiger partial charge in [-0.3, -0.25) is 9.59 Å². The fourth-order valence-electron chi connectivity index (χ4n) is 0.644. The van der Waals surface area contributed by atoms with E-state index in [4.69, 9.17) is 5.11 Å². The van der Waals surface area contributed by atoms with E-state index in [0.717, 1.165) is 0 Å². The number of rotatable bonds is 8. The van der Waals surface area contributed by atoms with Gasteiger partial charge in [-0.05, 0) is 0 Å². The van der Waals surface area contributed by atoms with Crippen molar-refractivity contribution >= 4 is 116 Å². The third kappa shape index (κ3) is 9.05. The summed E-state index contributed by atoms with van der Waals surface area (Å²) in [5.41, 5.74) is -2.27. The van der Waals surface area contributed by atoms with Gasteiger partial charge in [0.25, 0.3) is 12.9 Å². The minimum Gasteiger partial charge on any atom is -0.723 e. The number of ether oxygens (including phenoxy) is 2. The topological polar surface area (TPSA) is 125 Å². The minimum absolute atomic E-state index is 0. The number of carbonyl (C=O) groups excluding carboxylic acids is 2. The fourth-order valence-corrected chi connectivity index (χ4v) is 0.644. The molecule has 0 aromatic rings. The van der Waals surface area contributed by atoms with Crippen LogP contribution in [-0.2, 0) is 24.0 Å². The molecule has 0 spiro atoms. The average Bonchev–Trinajstić information content (AvgIpc) is 2.15. The van der Waals surface area contributed by atoms with Crippen molar-refractivity contribution in [3.8, 4) is 0 Å². The van der Waals surface area contributed by atoms with Crippen LogP contribution < -0.4 is 5.26 Å². The van der Waals surface area contributed by atoms with E-state index in [-0.39, 0.29) is 116 Å². The molecule has 0 aromatic heterocycles. The van der Waals surface area contributed by atoms with Crippen LogP contribution in [0.4, 0.5) is 0 Å². The summed E-state index contributed by atoms with van der Waals surface area (Å²) in [6, 6.07) is 0. The molecule has 84 valence electrons. The van der Waals surface area contributed by atoms with E-state index in [1.165, 1.54) is 0 Å². The quantitative estimate of drug-likeness (QED) is 0.152. The van der Waals surface area contributed by atoms with Crippen LogP contribution in [0.1, 0.15) is 0 Å². The van der Waals surface area contributed by atoms with Gasteiger partial charge >= 0.3 is 0 Å². The molecule has 8 nitrogen and oxygen atoms in total. The van der Waals surface area contributed by atoms with E-state index in [2.05, 4.69) is 14.4 Å². The van der Waals surface area contributed by atoms with E-state index >= 15 is 0 Å². The Kier molecular flexibility index (Phi) is 19.5. The normalized spacial score (nSPS) is 14.4. The molecular formula is C6H9K2O8-. The van der Waals surface area contributed by atoms with Gasteiger partial charge in [0.05, 0.1) is 6.61 Å². The molecule has 16 heavy (non-hydrogen) atoms. The summed E-state index contributed by atoms with van der Waals surface area (Å²) in [6.45, 7) is -1.80. The molecule has 2 N–H and O–H groups in total. The second kappa shape index (κ2) is 13.5. The molecule has 0 rings (SSSR count). The van der Waals surface area contributed by atoms with Gasteiger partial charge in [-0.15, -0.1) is 0 Å². The van der Waals surface area contributed by atoms with Crippen molar-refractivity contribution in [1.29, 1.82) is 0 Å². The van der Waals surface area contributed by atoms with Crippen LogP contribution in [0.3, 0.4) is 0 Å². The van der Waals surface area contributed by atoms with Crippen molar-refractivity contribution in [3.05, 3.63) is 0 Å². The fraction of sp³-hybridized carbons (Fsp3) is 0.667. The molecule has 0 amide bonds. The predicted molar refractivity (Wildman–Crippen MR) is 47.6 cm³/mol. The summed E-state index contributed by atoms with van der Waals surface area (Å²) in [5, 5.41) is 28.2. The van der Waals surface area contributed by atoms with Gasteiger partial charge in [-0.1, -0.05) is 0 Å². The van der Waals surface area contributed by atoms with Crippen LogP contribution in [0.15, 0.2) is 0 Å². The number of aliphatic hydroxyl groups is 2. The maximum Gasteiger partial charge on any atom is 0.295 e. The molecule has 2 unspecified atom stereocenters. The molecule has 0 aliphatic heterocycles. The van der Waals surface area contributed by atoms with Crippen LogP contribution in [0.5, 0.6) is 0 Å². The molecule has 10 heteroatoms. The van der Waals surface area contributed by atoms with Gasteiger partial charge in [0.1, 0.15) is 6.61 Å². The first-order valence-corrected chi connectivity index (χ1v) is 3.40. The molecular weight excluding hydrogens is 278 g/mol. The monoisotopic (exact) mass is 287 g/mol. The van der Waals surface area contributed by atoms with E-state index in [1.807, 2.05) is 0 Å². The van der Waals surface area contributed by atoms with Crippen LogP contribution in [0.25, 0.3) is 0 Å². The van der Waals surface area contributed by atoms with Gasteiger partial charge in [-0.25, -0.2) is 0 Å². The summed E-state index contributed by atoms with van der Waals surface area (Å²) >= 11 is 0. The summed E-state index contributed by atoms with van der Waals surface area (Å²) in [6.07, 6.45) is -2.02. The van der Waals surface area contributed by atoms with E-state index in [1.54, 1.807) is 0 Å². The third-order valence-electron chi connectivity index (χ3n) is 1.35. The Morgan fingerprint density at radius 2 is 1.81 bits per heavy atom. The Morgan fingerprint density at radius 1 is 1.25 bits per heavy atom. The number of aliphatic hydroxyl groups excluding tert-OH is 1. The summed E-state index contributed by atoms with van der Waals surface area (Å²) in [5.74, 6) is 0. The van der Waals surface area contributed by atoms with Gasteiger partial charge in [0, 0.05) is 103 Å². The Bertz CT molecular complexity index is 191. The number of carbonyl (C=O) groups is 2. The molecule has 2 radical (unpaired) electrons. The number of hydrogen-bond acceptors (Lipinski definition) is 8. The minimum atomic E-state index is -2.27. The van der Waals surface area contributed by atoms with Gasteiger partial charge in [0.2, 0.25) is 6.29 Å². The van der Waals surface area contributed by atoms with Crippen molar-refractivity contribution in [2.75, 3.05) is 13.2 Å².